The molecule has 0 aliphatic heterocycles. The average Bonchev–Trinajstić information content (AvgIpc) is 2.93. The minimum Gasteiger partial charge on any atom is -0.425 e. The molecule has 2 rings (SSSR count). The van der Waals surface area contributed by atoms with Gasteiger partial charge in [-0.25, -0.2) is 0 Å². The Morgan fingerprint density at radius 3 is 1.71 bits per heavy atom. The molecule has 0 fully saturated rings. The summed E-state index contributed by atoms with van der Waals surface area (Å²) in [6.45, 7) is 14.0. The van der Waals surface area contributed by atoms with E-state index < -0.39 is 0 Å². The predicted molar refractivity (Wildman–Crippen MR) is 189 cm³/mol. The van der Waals surface area contributed by atoms with E-state index in [9.17, 15) is 9.59 Å². The van der Waals surface area contributed by atoms with Gasteiger partial charge >= 0.3 is 11.9 Å². The Labute approximate surface area is 274 Å². The van der Waals surface area contributed by atoms with E-state index >= 15 is 0 Å². The van der Waals surface area contributed by atoms with E-state index in [0.717, 1.165) is 46.1 Å². The zero-order chi connectivity index (χ0) is 33.5. The van der Waals surface area contributed by atoms with Crippen LogP contribution in [0.3, 0.4) is 0 Å². The van der Waals surface area contributed by atoms with E-state index in [1.807, 2.05) is 59.4 Å². The lowest BCUT2D eigenvalue weighted by molar-refractivity contribution is -0.136. The molecule has 2 atom stereocenters. The largest absolute Gasteiger partial charge is 0.425 e. The number of allylic oxidation sites excluding steroid dienone is 2. The number of ether oxygens (including phenoxy) is 2. The minimum absolute atomic E-state index is 0.177. The molecule has 0 bridgehead atoms. The summed E-state index contributed by atoms with van der Waals surface area (Å²) in [5.74, 6) is 2.84. The Morgan fingerprint density at radius 2 is 1.20 bits per heavy atom. The van der Waals surface area contributed by atoms with E-state index in [-0.39, 0.29) is 25.0 Å². The minimum atomic E-state index is -0.321. The van der Waals surface area contributed by atoms with Crippen LogP contribution < -0.4 is 9.47 Å². The maximum atomic E-state index is 12.9. The summed E-state index contributed by atoms with van der Waals surface area (Å²) in [6, 6.07) is 7.69. The molecule has 252 valence electrons. The number of benzene rings is 2. The second kappa shape index (κ2) is 19.7. The molecule has 2 unspecified atom stereocenters. The van der Waals surface area contributed by atoms with Crippen LogP contribution in [0, 0.1) is 24.7 Å². The number of nitrogens with zero attached hydrogens (tertiary/aromatic N) is 2. The summed E-state index contributed by atoms with van der Waals surface area (Å²) in [5.41, 5.74) is 3.03. The molecule has 0 saturated heterocycles. The van der Waals surface area contributed by atoms with Gasteiger partial charge in [0.1, 0.15) is 11.5 Å². The van der Waals surface area contributed by atoms with Gasteiger partial charge in [0.05, 0.1) is 13.1 Å². The highest BCUT2D eigenvalue weighted by Gasteiger charge is 2.22. The summed E-state index contributed by atoms with van der Waals surface area (Å²) in [5, 5.41) is 1.53. The van der Waals surface area contributed by atoms with E-state index in [1.54, 1.807) is 9.80 Å². The van der Waals surface area contributed by atoms with Gasteiger partial charge in [0.2, 0.25) is 0 Å². The van der Waals surface area contributed by atoms with Crippen LogP contribution in [0.15, 0.2) is 35.9 Å². The van der Waals surface area contributed by atoms with E-state index in [0.29, 0.717) is 17.9 Å². The van der Waals surface area contributed by atoms with Gasteiger partial charge in [0.15, 0.2) is 0 Å². The number of likely N-dealkylation sites (N-methyl/N-ethyl adjacent to an activating group) is 2. The van der Waals surface area contributed by atoms with Crippen molar-refractivity contribution in [1.29, 1.82) is 0 Å². The van der Waals surface area contributed by atoms with Gasteiger partial charge in [0, 0.05) is 16.3 Å². The summed E-state index contributed by atoms with van der Waals surface area (Å²) < 4.78 is 12.0. The topological polar surface area (TPSA) is 59.1 Å². The van der Waals surface area contributed by atoms with E-state index in [2.05, 4.69) is 40.7 Å². The molecule has 6 nitrogen and oxygen atoms in total. The fourth-order valence-corrected chi connectivity index (χ4v) is 5.94. The number of hydrogen-bond donors (Lipinski definition) is 0. The lowest BCUT2D eigenvalue weighted by atomic mass is 9.91. The molecule has 0 amide bonds. The van der Waals surface area contributed by atoms with Crippen molar-refractivity contribution in [1.82, 2.24) is 9.80 Å². The predicted octanol–water partition coefficient (Wildman–Crippen LogP) is 9.01. The molecule has 6 heteroatoms. The Kier molecular flexibility index (Phi) is 16.9. The Balaban J connectivity index is 2.14. The van der Waals surface area contributed by atoms with Gasteiger partial charge in [-0.1, -0.05) is 109 Å². The molecule has 0 spiro atoms. The Morgan fingerprint density at radius 1 is 0.733 bits per heavy atom. The van der Waals surface area contributed by atoms with Gasteiger partial charge in [-0.15, -0.1) is 0 Å². The van der Waals surface area contributed by atoms with Crippen LogP contribution in [0.5, 0.6) is 11.5 Å². The van der Waals surface area contributed by atoms with Crippen molar-refractivity contribution < 1.29 is 19.1 Å². The zero-order valence-electron chi connectivity index (χ0n) is 30.1. The second-order valence-electron chi connectivity index (χ2n) is 14.3. The molecular weight excluding hydrogens is 560 g/mol. The summed E-state index contributed by atoms with van der Waals surface area (Å²) in [6.07, 6.45) is 14.4. The van der Waals surface area contributed by atoms with Gasteiger partial charge in [-0.2, -0.15) is 0 Å². The first-order chi connectivity index (χ1) is 21.3. The number of rotatable bonds is 20. The molecule has 2 aromatic carbocycles. The van der Waals surface area contributed by atoms with Crippen molar-refractivity contribution in [3.63, 3.8) is 0 Å². The Bertz CT molecular complexity index is 1250. The molecule has 45 heavy (non-hydrogen) atoms. The molecule has 0 heterocycles. The van der Waals surface area contributed by atoms with Crippen molar-refractivity contribution in [3.8, 4) is 11.5 Å². The normalized spacial score (nSPS) is 13.6. The van der Waals surface area contributed by atoms with Gasteiger partial charge in [0.25, 0.3) is 0 Å². The van der Waals surface area contributed by atoms with E-state index in [4.69, 9.17) is 9.47 Å². The fraction of sp³-hybridized carbons (Fsp3) is 0.641. The summed E-state index contributed by atoms with van der Waals surface area (Å²) >= 11 is 0. The molecule has 2 aromatic rings. The first-order valence-corrected chi connectivity index (χ1v) is 17.2. The van der Waals surface area contributed by atoms with Gasteiger partial charge in [-0.3, -0.25) is 19.4 Å². The molecule has 0 N–H and O–H groups in total. The monoisotopic (exact) mass is 622 g/mol. The SMILES string of the molecule is C/C(=C\Cc1c(C)c(OC(=O)CN(C)C)c2ccccc2c1OC(=O)CN(C)C)CCCC(C)CCCC(C)CCCC(C)C. The van der Waals surface area contributed by atoms with Crippen LogP contribution in [0.25, 0.3) is 10.8 Å². The zero-order valence-corrected chi connectivity index (χ0v) is 30.1. The van der Waals surface area contributed by atoms with Crippen LogP contribution >= 0.6 is 0 Å². The number of fused-ring (bicyclic) bond motifs is 1. The highest BCUT2D eigenvalue weighted by Crippen LogP contribution is 2.41. The smallest absolute Gasteiger partial charge is 0.325 e. The molecule has 0 aromatic heterocycles. The molecular formula is C39H62N2O4. The van der Waals surface area contributed by atoms with Crippen molar-refractivity contribution in [3.05, 3.63) is 47.0 Å². The van der Waals surface area contributed by atoms with Crippen molar-refractivity contribution in [2.45, 2.75) is 106 Å². The number of carbonyl (C=O) groups excluding carboxylic acids is 2. The maximum absolute atomic E-state index is 12.9. The van der Waals surface area contributed by atoms with Crippen LogP contribution in [-0.4, -0.2) is 63.0 Å². The fourth-order valence-electron chi connectivity index (χ4n) is 5.94. The lowest BCUT2D eigenvalue weighted by Gasteiger charge is -2.20. The van der Waals surface area contributed by atoms with Gasteiger partial charge < -0.3 is 9.47 Å². The third kappa shape index (κ3) is 14.1. The van der Waals surface area contributed by atoms with E-state index in [1.165, 1.54) is 56.9 Å². The third-order valence-electron chi connectivity index (χ3n) is 8.60. The van der Waals surface area contributed by atoms with Crippen molar-refractivity contribution >= 4 is 22.7 Å². The lowest BCUT2D eigenvalue weighted by Crippen LogP contribution is -2.27. The average molecular weight is 623 g/mol. The highest BCUT2D eigenvalue weighted by atomic mass is 16.5. The Hall–Kier alpha value is -2.70. The second-order valence-corrected chi connectivity index (χ2v) is 14.3. The molecule has 0 aliphatic rings. The first kappa shape index (κ1) is 38.5. The number of esters is 2. The molecule has 0 saturated carbocycles. The third-order valence-corrected chi connectivity index (χ3v) is 8.60. The molecule has 0 aliphatic carbocycles. The quantitative estimate of drug-likeness (QED) is 0.0834. The van der Waals surface area contributed by atoms with Gasteiger partial charge in [-0.05, 0) is 84.6 Å². The number of carbonyl (C=O) groups is 2. The number of hydrogen-bond acceptors (Lipinski definition) is 6. The summed E-state index contributed by atoms with van der Waals surface area (Å²) in [4.78, 5) is 29.2. The maximum Gasteiger partial charge on any atom is 0.325 e. The van der Waals surface area contributed by atoms with Crippen molar-refractivity contribution in [2.75, 3.05) is 41.3 Å². The summed E-state index contributed by atoms with van der Waals surface area (Å²) in [7, 11) is 7.38. The van der Waals surface area contributed by atoms with Crippen molar-refractivity contribution in [2.24, 2.45) is 17.8 Å². The standard InChI is InChI=1S/C39H62N2O4/c1-28(2)16-13-17-29(3)18-14-19-30(4)20-15-21-31(5)24-25-33-32(6)38(44-36(42)26-40(7)8)34-22-11-12-23-35(34)39(33)45-37(43)27-41(9)10/h11-12,22-24,28-30H,13-21,25-27H2,1-10H3/b31-24+. The molecule has 0 radical (unpaired) electrons. The van der Waals surface area contributed by atoms with Crippen LogP contribution in [0.4, 0.5) is 0 Å². The van der Waals surface area contributed by atoms with Crippen LogP contribution in [0.1, 0.15) is 104 Å². The van der Waals surface area contributed by atoms with Crippen LogP contribution in [-0.2, 0) is 16.0 Å². The highest BCUT2D eigenvalue weighted by molar-refractivity contribution is 5.99. The van der Waals surface area contributed by atoms with Crippen LogP contribution in [0.2, 0.25) is 0 Å². The first-order valence-electron chi connectivity index (χ1n) is 17.2.